The molecule has 0 aromatic rings. The minimum Gasteiger partial charge on any atom is -0.480 e. The summed E-state index contributed by atoms with van der Waals surface area (Å²) < 4.78 is 0. The van der Waals surface area contributed by atoms with E-state index in [1.165, 1.54) is 17.2 Å². The summed E-state index contributed by atoms with van der Waals surface area (Å²) in [4.78, 5) is 11.4. The lowest BCUT2D eigenvalue weighted by Gasteiger charge is -2.03. The fourth-order valence-corrected chi connectivity index (χ4v) is 0.483. The van der Waals surface area contributed by atoms with E-state index in [9.17, 15) is 4.79 Å². The van der Waals surface area contributed by atoms with Gasteiger partial charge in [-0.15, -0.1) is 0 Å². The van der Waals surface area contributed by atoms with E-state index in [0.717, 1.165) is 0 Å². The average molecular weight is 181 g/mol. The predicted octanol–water partition coefficient (Wildman–Crippen LogP) is 0.101. The molecule has 0 aromatic carbocycles. The Morgan fingerprint density at radius 2 is 2.46 bits per heavy atom. The van der Waals surface area contributed by atoms with Crippen LogP contribution >= 0.6 is 0 Å². The Hall–Kier alpha value is -1.96. The van der Waals surface area contributed by atoms with E-state index in [1.54, 1.807) is 7.05 Å². The molecule has 13 heavy (non-hydrogen) atoms. The van der Waals surface area contributed by atoms with Crippen molar-refractivity contribution in [2.24, 2.45) is 0 Å². The number of nitriles is 1. The number of carbonyl (C=O) groups is 1. The molecule has 0 bridgehead atoms. The normalized spacial score (nSPS) is 9.23. The molecule has 0 amide bonds. The van der Waals surface area contributed by atoms with Crippen molar-refractivity contribution in [1.82, 2.24) is 10.2 Å². The van der Waals surface area contributed by atoms with Gasteiger partial charge in [0.2, 0.25) is 0 Å². The number of hydrogen-bond donors (Lipinski definition) is 2. The summed E-state index contributed by atoms with van der Waals surface area (Å²) in [5.41, 5.74) is 0.449. The van der Waals surface area contributed by atoms with Gasteiger partial charge in [-0.05, 0) is 6.08 Å². The average Bonchev–Trinajstić information content (AvgIpc) is 2.10. The van der Waals surface area contributed by atoms with Crippen molar-refractivity contribution in [3.8, 4) is 6.19 Å². The van der Waals surface area contributed by atoms with Gasteiger partial charge in [0, 0.05) is 18.9 Å². The second-order valence-corrected chi connectivity index (χ2v) is 2.30. The van der Waals surface area contributed by atoms with Gasteiger partial charge in [0.25, 0.3) is 0 Å². The molecule has 0 unspecified atom stereocenters. The molecule has 2 N–H and O–H groups in total. The molecule has 0 aliphatic heterocycles. The standard InChI is InChI=1S/C8H11N3O2/c1-7(10-5-8(12)13)3-4-11(2)6-9/h3-4,10H,1,5H2,2H3,(H,12,13)/b4-3-. The third kappa shape index (κ3) is 6.44. The highest BCUT2D eigenvalue weighted by molar-refractivity contribution is 5.69. The van der Waals surface area contributed by atoms with Crippen LogP contribution in [0.5, 0.6) is 0 Å². The monoisotopic (exact) mass is 181 g/mol. The maximum atomic E-state index is 10.1. The minimum atomic E-state index is -0.955. The van der Waals surface area contributed by atoms with Crippen LogP contribution in [0, 0.1) is 11.5 Å². The lowest BCUT2D eigenvalue weighted by Crippen LogP contribution is -2.20. The van der Waals surface area contributed by atoms with E-state index in [1.807, 2.05) is 6.19 Å². The maximum Gasteiger partial charge on any atom is 0.322 e. The maximum absolute atomic E-state index is 10.1. The Kier molecular flexibility index (Phi) is 4.81. The lowest BCUT2D eigenvalue weighted by molar-refractivity contribution is -0.135. The van der Waals surface area contributed by atoms with Crippen LogP contribution in [0.1, 0.15) is 0 Å². The minimum absolute atomic E-state index is 0.181. The van der Waals surface area contributed by atoms with Gasteiger partial charge in [-0.2, -0.15) is 5.26 Å². The van der Waals surface area contributed by atoms with Crippen LogP contribution < -0.4 is 5.32 Å². The van der Waals surface area contributed by atoms with Crippen molar-refractivity contribution in [2.75, 3.05) is 13.6 Å². The van der Waals surface area contributed by atoms with Gasteiger partial charge in [0.05, 0.1) is 0 Å². The van der Waals surface area contributed by atoms with Crippen LogP contribution in [0.3, 0.4) is 0 Å². The van der Waals surface area contributed by atoms with Crippen molar-refractivity contribution in [3.63, 3.8) is 0 Å². The van der Waals surface area contributed by atoms with E-state index >= 15 is 0 Å². The molecule has 0 fully saturated rings. The van der Waals surface area contributed by atoms with Gasteiger partial charge in [0.1, 0.15) is 6.54 Å². The van der Waals surface area contributed by atoms with Crippen molar-refractivity contribution in [3.05, 3.63) is 24.6 Å². The highest BCUT2D eigenvalue weighted by Crippen LogP contribution is 1.88. The molecule has 0 heterocycles. The zero-order valence-corrected chi connectivity index (χ0v) is 7.32. The first-order valence-electron chi connectivity index (χ1n) is 3.51. The van der Waals surface area contributed by atoms with Crippen molar-refractivity contribution in [2.45, 2.75) is 0 Å². The molecule has 0 aromatic heterocycles. The molecule has 70 valence electrons. The molecule has 0 atom stereocenters. The highest BCUT2D eigenvalue weighted by Gasteiger charge is 1.94. The van der Waals surface area contributed by atoms with E-state index in [0.29, 0.717) is 5.70 Å². The molecular weight excluding hydrogens is 170 g/mol. The lowest BCUT2D eigenvalue weighted by atomic mass is 10.4. The number of carboxylic acids is 1. The number of rotatable bonds is 5. The Bertz CT molecular complexity index is 265. The third-order valence-electron chi connectivity index (χ3n) is 1.12. The molecule has 0 aliphatic rings. The van der Waals surface area contributed by atoms with Crippen LogP contribution in [-0.2, 0) is 4.79 Å². The Morgan fingerprint density at radius 1 is 1.85 bits per heavy atom. The summed E-state index contributed by atoms with van der Waals surface area (Å²) >= 11 is 0. The molecule has 0 rings (SSSR count). The smallest absolute Gasteiger partial charge is 0.322 e. The molecule has 0 saturated heterocycles. The van der Waals surface area contributed by atoms with E-state index < -0.39 is 5.97 Å². The van der Waals surface area contributed by atoms with Crippen molar-refractivity contribution in [1.29, 1.82) is 5.26 Å². The van der Waals surface area contributed by atoms with Gasteiger partial charge in [-0.1, -0.05) is 6.58 Å². The molecule has 0 saturated carbocycles. The van der Waals surface area contributed by atoms with Gasteiger partial charge in [-0.3, -0.25) is 9.69 Å². The third-order valence-corrected chi connectivity index (χ3v) is 1.12. The first-order valence-corrected chi connectivity index (χ1v) is 3.51. The van der Waals surface area contributed by atoms with Crippen LogP contribution in [0.15, 0.2) is 24.6 Å². The van der Waals surface area contributed by atoms with Gasteiger partial charge >= 0.3 is 5.97 Å². The number of aliphatic carboxylic acids is 1. The molecule has 5 heteroatoms. The zero-order valence-electron chi connectivity index (χ0n) is 7.32. The number of hydrogen-bond acceptors (Lipinski definition) is 4. The summed E-state index contributed by atoms with van der Waals surface area (Å²) in [6, 6.07) is 0. The largest absolute Gasteiger partial charge is 0.480 e. The zero-order chi connectivity index (χ0) is 10.3. The van der Waals surface area contributed by atoms with E-state index in [4.69, 9.17) is 10.4 Å². The second kappa shape index (κ2) is 5.66. The molecule has 0 aliphatic carbocycles. The fraction of sp³-hybridized carbons (Fsp3) is 0.250. The van der Waals surface area contributed by atoms with Crippen LogP contribution in [0.4, 0.5) is 0 Å². The SMILES string of the molecule is C=C(/C=C\N(C)C#N)NCC(=O)O. The van der Waals surface area contributed by atoms with Crippen molar-refractivity contribution >= 4 is 5.97 Å². The van der Waals surface area contributed by atoms with Gasteiger partial charge < -0.3 is 10.4 Å². The summed E-state index contributed by atoms with van der Waals surface area (Å²) in [7, 11) is 1.57. The fourth-order valence-electron chi connectivity index (χ4n) is 0.483. The van der Waals surface area contributed by atoms with Crippen molar-refractivity contribution < 1.29 is 9.90 Å². The Balaban J connectivity index is 3.82. The second-order valence-electron chi connectivity index (χ2n) is 2.30. The molecule has 0 radical (unpaired) electrons. The number of carboxylic acid groups (broad SMARTS) is 1. The summed E-state index contributed by atoms with van der Waals surface area (Å²) in [5, 5.41) is 19.2. The van der Waals surface area contributed by atoms with Crippen LogP contribution in [0.2, 0.25) is 0 Å². The number of nitrogens with zero attached hydrogens (tertiary/aromatic N) is 2. The molecule has 0 spiro atoms. The molecule has 5 nitrogen and oxygen atoms in total. The summed E-state index contributed by atoms with van der Waals surface area (Å²) in [6.07, 6.45) is 4.85. The summed E-state index contributed by atoms with van der Waals surface area (Å²) in [6.45, 7) is 3.35. The van der Waals surface area contributed by atoms with Crippen LogP contribution in [0.25, 0.3) is 0 Å². The number of allylic oxidation sites excluding steroid dienone is 1. The van der Waals surface area contributed by atoms with E-state index in [-0.39, 0.29) is 6.54 Å². The quantitative estimate of drug-likeness (QED) is 0.357. The topological polar surface area (TPSA) is 76.4 Å². The first kappa shape index (κ1) is 11.0. The van der Waals surface area contributed by atoms with Gasteiger partial charge in [-0.25, -0.2) is 0 Å². The van der Waals surface area contributed by atoms with Gasteiger partial charge in [0.15, 0.2) is 6.19 Å². The molecular formula is C8H11N3O2. The number of nitrogens with one attached hydrogen (secondary N) is 1. The first-order chi connectivity index (χ1) is 6.06. The van der Waals surface area contributed by atoms with E-state index in [2.05, 4.69) is 11.9 Å². The van der Waals surface area contributed by atoms with Crippen LogP contribution in [-0.4, -0.2) is 29.6 Å². The predicted molar refractivity (Wildman–Crippen MR) is 47.3 cm³/mol. The summed E-state index contributed by atoms with van der Waals surface area (Å²) in [5.74, 6) is -0.955. The highest BCUT2D eigenvalue weighted by atomic mass is 16.4. The Morgan fingerprint density at radius 3 is 2.92 bits per heavy atom. The Labute approximate surface area is 76.6 Å².